The second kappa shape index (κ2) is 7.11. The van der Waals surface area contributed by atoms with Gasteiger partial charge >= 0.3 is 0 Å². The molecule has 28 heavy (non-hydrogen) atoms. The lowest BCUT2D eigenvalue weighted by atomic mass is 9.92. The van der Waals surface area contributed by atoms with Crippen LogP contribution in [0.5, 0.6) is 23.0 Å². The van der Waals surface area contributed by atoms with Gasteiger partial charge in [0.1, 0.15) is 0 Å². The van der Waals surface area contributed by atoms with Gasteiger partial charge in [-0.2, -0.15) is 0 Å². The maximum atomic E-state index is 13.3. The molecule has 0 radical (unpaired) electrons. The molecule has 6 nitrogen and oxygen atoms in total. The molecule has 0 aromatic heterocycles. The van der Waals surface area contributed by atoms with Crippen molar-refractivity contribution in [2.75, 3.05) is 28.4 Å². The van der Waals surface area contributed by atoms with E-state index in [1.807, 2.05) is 30.5 Å². The van der Waals surface area contributed by atoms with Gasteiger partial charge in [0.25, 0.3) is 5.91 Å². The zero-order valence-electron chi connectivity index (χ0n) is 16.4. The van der Waals surface area contributed by atoms with Gasteiger partial charge in [0.2, 0.25) is 0 Å². The largest absolute Gasteiger partial charge is 0.493 e. The standard InChI is InChI=1S/C22H23NO5/c1-25-18-9-13-5-6-17-15-11-20(27-3)19(26-2)10-14(15)7-8-23(17)22(24)16(13)12-21(18)28-4/h7-12,17H,5-6H2,1-4H3. The summed E-state index contributed by atoms with van der Waals surface area (Å²) in [6.07, 6.45) is 5.34. The van der Waals surface area contributed by atoms with Gasteiger partial charge in [-0.3, -0.25) is 4.79 Å². The number of ether oxygens (including phenoxy) is 4. The number of rotatable bonds is 4. The first-order valence-corrected chi connectivity index (χ1v) is 9.13. The third kappa shape index (κ3) is 2.76. The lowest BCUT2D eigenvalue weighted by Crippen LogP contribution is -2.31. The first-order chi connectivity index (χ1) is 13.6. The van der Waals surface area contributed by atoms with E-state index in [1.54, 1.807) is 39.4 Å². The number of fused-ring (bicyclic) bond motifs is 4. The van der Waals surface area contributed by atoms with Gasteiger partial charge in [-0.1, -0.05) is 0 Å². The fraction of sp³-hybridized carbons (Fsp3) is 0.318. The summed E-state index contributed by atoms with van der Waals surface area (Å²) in [6, 6.07) is 7.54. The van der Waals surface area contributed by atoms with Crippen LogP contribution in [-0.4, -0.2) is 39.2 Å². The third-order valence-corrected chi connectivity index (χ3v) is 5.46. The second-order valence-electron chi connectivity index (χ2n) is 6.78. The lowest BCUT2D eigenvalue weighted by Gasteiger charge is -2.32. The molecular weight excluding hydrogens is 358 g/mol. The van der Waals surface area contributed by atoms with Gasteiger partial charge in [0.15, 0.2) is 23.0 Å². The van der Waals surface area contributed by atoms with Crippen molar-refractivity contribution >= 4 is 12.0 Å². The van der Waals surface area contributed by atoms with Gasteiger partial charge < -0.3 is 23.8 Å². The van der Waals surface area contributed by atoms with E-state index in [-0.39, 0.29) is 11.9 Å². The molecule has 2 aromatic rings. The van der Waals surface area contributed by atoms with Crippen molar-refractivity contribution in [1.82, 2.24) is 4.90 Å². The van der Waals surface area contributed by atoms with Gasteiger partial charge in [0, 0.05) is 11.8 Å². The van der Waals surface area contributed by atoms with E-state index >= 15 is 0 Å². The number of carbonyl (C=O) groups is 1. The molecule has 1 unspecified atom stereocenters. The second-order valence-corrected chi connectivity index (χ2v) is 6.78. The van der Waals surface area contributed by atoms with E-state index in [0.717, 1.165) is 29.5 Å². The molecule has 0 saturated heterocycles. The Morgan fingerprint density at radius 3 is 2.14 bits per heavy atom. The predicted molar refractivity (Wildman–Crippen MR) is 105 cm³/mol. The number of nitrogens with zero attached hydrogens (tertiary/aromatic N) is 1. The minimum Gasteiger partial charge on any atom is -0.493 e. The van der Waals surface area contributed by atoms with Crippen LogP contribution in [0.3, 0.4) is 0 Å². The Hall–Kier alpha value is -3.15. The Balaban J connectivity index is 1.80. The van der Waals surface area contributed by atoms with Crippen LogP contribution in [0.4, 0.5) is 0 Å². The summed E-state index contributed by atoms with van der Waals surface area (Å²) in [5.74, 6) is 2.48. The number of amides is 1. The molecule has 2 heterocycles. The molecule has 146 valence electrons. The smallest absolute Gasteiger partial charge is 0.258 e. The SMILES string of the molecule is COc1cc2c(cc1OC)C1CCc3cc(OC)c(OC)cc3C(=O)N1C=C2. The van der Waals surface area contributed by atoms with E-state index in [1.165, 1.54) is 0 Å². The number of aryl methyl sites for hydroxylation is 1. The first-order valence-electron chi connectivity index (χ1n) is 9.13. The van der Waals surface area contributed by atoms with E-state index in [0.29, 0.717) is 28.6 Å². The fourth-order valence-electron chi connectivity index (χ4n) is 4.02. The van der Waals surface area contributed by atoms with Crippen LogP contribution in [-0.2, 0) is 6.42 Å². The highest BCUT2D eigenvalue weighted by Gasteiger charge is 2.34. The van der Waals surface area contributed by atoms with Gasteiger partial charge in [-0.25, -0.2) is 0 Å². The summed E-state index contributed by atoms with van der Waals surface area (Å²) in [6.45, 7) is 0. The van der Waals surface area contributed by atoms with Crippen molar-refractivity contribution in [1.29, 1.82) is 0 Å². The van der Waals surface area contributed by atoms with E-state index in [2.05, 4.69) is 0 Å². The minimum atomic E-state index is -0.0725. The number of hydrogen-bond acceptors (Lipinski definition) is 5. The van der Waals surface area contributed by atoms with Gasteiger partial charge in [-0.15, -0.1) is 0 Å². The van der Waals surface area contributed by atoms with Crippen molar-refractivity contribution in [3.63, 3.8) is 0 Å². The summed E-state index contributed by atoms with van der Waals surface area (Å²) in [5, 5.41) is 0. The van der Waals surface area contributed by atoms with Crippen LogP contribution >= 0.6 is 0 Å². The highest BCUT2D eigenvalue weighted by atomic mass is 16.5. The molecular formula is C22H23NO5. The van der Waals surface area contributed by atoms with Crippen molar-refractivity contribution in [3.8, 4) is 23.0 Å². The van der Waals surface area contributed by atoms with Gasteiger partial charge in [0.05, 0.1) is 34.5 Å². The first kappa shape index (κ1) is 18.2. The van der Waals surface area contributed by atoms with Crippen molar-refractivity contribution < 1.29 is 23.7 Å². The topological polar surface area (TPSA) is 57.2 Å². The molecule has 2 aliphatic heterocycles. The zero-order chi connectivity index (χ0) is 19.8. The van der Waals surface area contributed by atoms with E-state index < -0.39 is 0 Å². The molecule has 0 spiro atoms. The lowest BCUT2D eigenvalue weighted by molar-refractivity contribution is 0.0768. The highest BCUT2D eigenvalue weighted by Crippen LogP contribution is 2.43. The number of hydrogen-bond donors (Lipinski definition) is 0. The summed E-state index contributed by atoms with van der Waals surface area (Å²) in [5.41, 5.74) is 3.70. The summed E-state index contributed by atoms with van der Waals surface area (Å²) >= 11 is 0. The van der Waals surface area contributed by atoms with Crippen LogP contribution < -0.4 is 18.9 Å². The van der Waals surface area contributed by atoms with Crippen molar-refractivity contribution in [2.45, 2.75) is 18.9 Å². The molecule has 0 saturated carbocycles. The van der Waals surface area contributed by atoms with E-state index in [4.69, 9.17) is 18.9 Å². The van der Waals surface area contributed by atoms with Crippen LogP contribution in [0.1, 0.15) is 39.5 Å². The van der Waals surface area contributed by atoms with Crippen LogP contribution in [0, 0.1) is 0 Å². The molecule has 2 aromatic carbocycles. The Labute approximate surface area is 164 Å². The van der Waals surface area contributed by atoms with Crippen LogP contribution in [0.2, 0.25) is 0 Å². The van der Waals surface area contributed by atoms with Gasteiger partial charge in [-0.05, 0) is 59.9 Å². The molecule has 4 rings (SSSR count). The fourth-order valence-corrected chi connectivity index (χ4v) is 4.02. The molecule has 0 fully saturated rings. The maximum Gasteiger partial charge on any atom is 0.258 e. The molecule has 0 N–H and O–H groups in total. The average molecular weight is 381 g/mol. The predicted octanol–water partition coefficient (Wildman–Crippen LogP) is 3.84. The van der Waals surface area contributed by atoms with Crippen molar-refractivity contribution in [2.24, 2.45) is 0 Å². The zero-order valence-corrected chi connectivity index (χ0v) is 16.4. The van der Waals surface area contributed by atoms with Crippen molar-refractivity contribution in [3.05, 3.63) is 52.7 Å². The molecule has 0 aliphatic carbocycles. The molecule has 2 aliphatic rings. The molecule has 0 bridgehead atoms. The normalized spacial score (nSPS) is 17.2. The third-order valence-electron chi connectivity index (χ3n) is 5.46. The highest BCUT2D eigenvalue weighted by molar-refractivity contribution is 5.98. The average Bonchev–Trinajstić information content (AvgIpc) is 2.88. The summed E-state index contributed by atoms with van der Waals surface area (Å²) in [4.78, 5) is 15.1. The Bertz CT molecular complexity index is 966. The summed E-state index contributed by atoms with van der Waals surface area (Å²) in [7, 11) is 6.42. The monoisotopic (exact) mass is 381 g/mol. The summed E-state index contributed by atoms with van der Waals surface area (Å²) < 4.78 is 21.7. The number of carbonyl (C=O) groups excluding carboxylic acids is 1. The molecule has 1 atom stereocenters. The number of methoxy groups -OCH3 is 4. The maximum absolute atomic E-state index is 13.3. The van der Waals surface area contributed by atoms with Crippen LogP contribution in [0.25, 0.3) is 6.08 Å². The minimum absolute atomic E-state index is 0.0462. The number of benzene rings is 2. The molecule has 6 heteroatoms. The Kier molecular flexibility index (Phi) is 4.63. The Morgan fingerprint density at radius 2 is 1.46 bits per heavy atom. The van der Waals surface area contributed by atoms with E-state index in [9.17, 15) is 4.79 Å². The Morgan fingerprint density at radius 1 is 0.857 bits per heavy atom. The molecule has 1 amide bonds. The van der Waals surface area contributed by atoms with Crippen LogP contribution in [0.15, 0.2) is 30.5 Å². The quantitative estimate of drug-likeness (QED) is 0.806.